The molecule has 0 bridgehead atoms. The summed E-state index contributed by atoms with van der Waals surface area (Å²) < 4.78 is 5.62. The zero-order valence-corrected chi connectivity index (χ0v) is 23.6. The summed E-state index contributed by atoms with van der Waals surface area (Å²) in [5.41, 5.74) is 7.15. The number of rotatable bonds is 6. The lowest BCUT2D eigenvalue weighted by molar-refractivity contribution is -0.134. The van der Waals surface area contributed by atoms with E-state index in [9.17, 15) is 14.4 Å². The minimum atomic E-state index is -0.875. The number of amides is 3. The Balaban J connectivity index is 1.42. The van der Waals surface area contributed by atoms with Gasteiger partial charge in [-0.25, -0.2) is 4.79 Å². The van der Waals surface area contributed by atoms with E-state index in [2.05, 4.69) is 27.2 Å². The number of primary amides is 1. The Bertz CT molecular complexity index is 1010. The minimum Gasteiger partial charge on any atom is -0.444 e. The summed E-state index contributed by atoms with van der Waals surface area (Å²) in [5, 5.41) is 2.86. The number of likely N-dealkylation sites (tertiary alicyclic amines) is 1. The fourth-order valence-corrected chi connectivity index (χ4v) is 6.13. The molecule has 1 aromatic rings. The topological polar surface area (TPSA) is 108 Å². The van der Waals surface area contributed by atoms with Crippen LogP contribution in [-0.4, -0.2) is 83.7 Å². The van der Waals surface area contributed by atoms with E-state index < -0.39 is 29.7 Å². The Hall–Kier alpha value is -2.81. The minimum absolute atomic E-state index is 0.0770. The smallest absolute Gasteiger partial charge is 0.411 e. The third-order valence-corrected chi connectivity index (χ3v) is 8.21. The van der Waals surface area contributed by atoms with Gasteiger partial charge >= 0.3 is 6.09 Å². The third kappa shape index (κ3) is 6.60. The van der Waals surface area contributed by atoms with Crippen LogP contribution < -0.4 is 16.0 Å². The number of carbonyl (C=O) groups is 3. The van der Waals surface area contributed by atoms with Crippen molar-refractivity contribution in [3.63, 3.8) is 0 Å². The fourth-order valence-electron chi connectivity index (χ4n) is 6.13. The van der Waals surface area contributed by atoms with E-state index in [1.807, 2.05) is 26.0 Å². The highest BCUT2D eigenvalue weighted by atomic mass is 16.6. The Morgan fingerprint density at radius 3 is 2.42 bits per heavy atom. The van der Waals surface area contributed by atoms with Crippen LogP contribution in [0, 0.1) is 5.92 Å². The van der Waals surface area contributed by atoms with Crippen molar-refractivity contribution in [3.05, 3.63) is 29.8 Å². The molecule has 0 spiro atoms. The average Bonchev–Trinajstić information content (AvgIpc) is 3.32. The molecule has 210 valence electrons. The second-order valence-electron chi connectivity index (χ2n) is 12.3. The Kier molecular flexibility index (Phi) is 8.55. The summed E-state index contributed by atoms with van der Waals surface area (Å²) in [6, 6.07) is 7.09. The van der Waals surface area contributed by atoms with E-state index in [1.165, 1.54) is 30.0 Å². The Labute approximate surface area is 227 Å². The standard InChI is InChI=1S/C29H45N5O4/c1-19-8-9-20(2)34(28(37)38-29(3,4)5)25(19)27(36)31-24(26(30)35)17-21-10-12-22(13-11-21)33-16-15-32-14-6-7-23(32)18-33/h10-13,19-20,23-25H,6-9,14-18H2,1-5H3,(H2,30,35)(H,31,36)/t19-,20+,23?,24+,25+/m1/s1. The fraction of sp³-hybridized carbons (Fsp3) is 0.690. The quantitative estimate of drug-likeness (QED) is 0.589. The van der Waals surface area contributed by atoms with Gasteiger partial charge in [-0.3, -0.25) is 19.4 Å². The van der Waals surface area contributed by atoms with Crippen LogP contribution in [0.25, 0.3) is 0 Å². The van der Waals surface area contributed by atoms with E-state index in [0.717, 1.165) is 38.0 Å². The summed E-state index contributed by atoms with van der Waals surface area (Å²) >= 11 is 0. The van der Waals surface area contributed by atoms with Gasteiger partial charge in [-0.2, -0.15) is 0 Å². The number of hydrogen-bond donors (Lipinski definition) is 2. The lowest BCUT2D eigenvalue weighted by Crippen LogP contribution is -2.61. The van der Waals surface area contributed by atoms with Crippen LogP contribution in [0.1, 0.15) is 65.9 Å². The number of piperazine rings is 1. The monoisotopic (exact) mass is 527 g/mol. The summed E-state index contributed by atoms with van der Waals surface area (Å²) in [4.78, 5) is 45.5. The molecule has 3 heterocycles. The van der Waals surface area contributed by atoms with Gasteiger partial charge in [-0.15, -0.1) is 0 Å². The molecule has 38 heavy (non-hydrogen) atoms. The molecule has 5 atom stereocenters. The molecule has 3 N–H and O–H groups in total. The van der Waals surface area contributed by atoms with Crippen LogP contribution >= 0.6 is 0 Å². The number of nitrogens with zero attached hydrogens (tertiary/aromatic N) is 3. The highest BCUT2D eigenvalue weighted by Gasteiger charge is 2.43. The maximum absolute atomic E-state index is 13.5. The highest BCUT2D eigenvalue weighted by Crippen LogP contribution is 2.30. The summed E-state index contributed by atoms with van der Waals surface area (Å²) in [7, 11) is 0. The van der Waals surface area contributed by atoms with Gasteiger partial charge in [0.1, 0.15) is 17.7 Å². The number of carbonyl (C=O) groups excluding carboxylic acids is 3. The number of ether oxygens (including phenoxy) is 1. The number of hydrogen-bond acceptors (Lipinski definition) is 6. The van der Waals surface area contributed by atoms with Crippen LogP contribution in [0.3, 0.4) is 0 Å². The van der Waals surface area contributed by atoms with Crippen molar-refractivity contribution in [2.45, 2.75) is 96.5 Å². The SMILES string of the molecule is C[C@@H]1CC[C@H](C)N(C(=O)OC(C)(C)C)[C@@H]1C(=O)N[C@@H](Cc1ccc(N2CCN3CCCC3C2)cc1)C(N)=O. The molecule has 9 nitrogen and oxygen atoms in total. The molecule has 0 aromatic heterocycles. The van der Waals surface area contributed by atoms with Crippen LogP contribution in [0.4, 0.5) is 10.5 Å². The first-order valence-electron chi connectivity index (χ1n) is 14.1. The lowest BCUT2D eigenvalue weighted by atomic mass is 9.86. The Morgan fingerprint density at radius 1 is 1.05 bits per heavy atom. The second kappa shape index (κ2) is 11.5. The molecule has 3 fully saturated rings. The van der Waals surface area contributed by atoms with Gasteiger partial charge in [0.25, 0.3) is 0 Å². The van der Waals surface area contributed by atoms with Crippen LogP contribution in [0.15, 0.2) is 24.3 Å². The number of nitrogens with two attached hydrogens (primary N) is 1. The van der Waals surface area contributed by atoms with Crippen molar-refractivity contribution in [1.82, 2.24) is 15.1 Å². The van der Waals surface area contributed by atoms with E-state index in [1.54, 1.807) is 20.8 Å². The van der Waals surface area contributed by atoms with Gasteiger partial charge in [-0.1, -0.05) is 19.1 Å². The van der Waals surface area contributed by atoms with E-state index in [-0.39, 0.29) is 17.9 Å². The number of piperidine rings is 1. The molecular weight excluding hydrogens is 482 g/mol. The molecule has 3 aliphatic rings. The molecule has 0 saturated carbocycles. The zero-order chi connectivity index (χ0) is 27.6. The molecule has 0 aliphatic carbocycles. The first-order chi connectivity index (χ1) is 17.9. The van der Waals surface area contributed by atoms with Gasteiger partial charge in [0.2, 0.25) is 11.8 Å². The van der Waals surface area contributed by atoms with E-state index >= 15 is 0 Å². The van der Waals surface area contributed by atoms with Crippen molar-refractivity contribution in [3.8, 4) is 0 Å². The number of benzene rings is 1. The molecule has 1 unspecified atom stereocenters. The molecule has 0 radical (unpaired) electrons. The predicted octanol–water partition coefficient (Wildman–Crippen LogP) is 2.91. The maximum atomic E-state index is 13.5. The molecule has 3 amide bonds. The predicted molar refractivity (Wildman–Crippen MR) is 148 cm³/mol. The van der Waals surface area contributed by atoms with Crippen LogP contribution in [0.2, 0.25) is 0 Å². The van der Waals surface area contributed by atoms with Crippen LogP contribution in [-0.2, 0) is 20.7 Å². The van der Waals surface area contributed by atoms with Crippen molar-refractivity contribution in [2.75, 3.05) is 31.1 Å². The number of anilines is 1. The summed E-state index contributed by atoms with van der Waals surface area (Å²) in [5.74, 6) is -1.04. The van der Waals surface area contributed by atoms with E-state index in [4.69, 9.17) is 10.5 Å². The molecule has 9 heteroatoms. The summed E-state index contributed by atoms with van der Waals surface area (Å²) in [6.45, 7) is 13.7. The van der Waals surface area contributed by atoms with Gasteiger partial charge in [-0.05, 0) is 83.5 Å². The highest BCUT2D eigenvalue weighted by molar-refractivity contribution is 5.91. The molecule has 1 aromatic carbocycles. The van der Waals surface area contributed by atoms with Crippen molar-refractivity contribution in [2.24, 2.45) is 11.7 Å². The number of nitrogens with one attached hydrogen (secondary N) is 1. The second-order valence-corrected chi connectivity index (χ2v) is 12.3. The first kappa shape index (κ1) is 28.2. The van der Waals surface area contributed by atoms with Gasteiger partial charge < -0.3 is 20.7 Å². The molecule has 3 saturated heterocycles. The first-order valence-corrected chi connectivity index (χ1v) is 14.1. The zero-order valence-electron chi connectivity index (χ0n) is 23.6. The maximum Gasteiger partial charge on any atom is 0.411 e. The van der Waals surface area contributed by atoms with Crippen molar-refractivity contribution >= 4 is 23.6 Å². The van der Waals surface area contributed by atoms with Gasteiger partial charge in [0.05, 0.1) is 0 Å². The number of fused-ring (bicyclic) bond motifs is 1. The van der Waals surface area contributed by atoms with Gasteiger partial charge in [0, 0.05) is 43.8 Å². The molecule has 4 rings (SSSR count). The lowest BCUT2D eigenvalue weighted by Gasteiger charge is -2.43. The summed E-state index contributed by atoms with van der Waals surface area (Å²) in [6.07, 6.45) is 3.91. The van der Waals surface area contributed by atoms with Gasteiger partial charge in [0.15, 0.2) is 0 Å². The molecular formula is C29H45N5O4. The third-order valence-electron chi connectivity index (χ3n) is 8.21. The van der Waals surface area contributed by atoms with Crippen LogP contribution in [0.5, 0.6) is 0 Å². The largest absolute Gasteiger partial charge is 0.444 e. The van der Waals surface area contributed by atoms with E-state index in [0.29, 0.717) is 12.5 Å². The van der Waals surface area contributed by atoms with Crippen molar-refractivity contribution < 1.29 is 19.1 Å². The average molecular weight is 528 g/mol. The van der Waals surface area contributed by atoms with Crippen molar-refractivity contribution in [1.29, 1.82) is 0 Å². The Morgan fingerprint density at radius 2 is 1.76 bits per heavy atom. The molecule has 3 aliphatic heterocycles. The normalized spacial score (nSPS) is 27.0.